The van der Waals surface area contributed by atoms with E-state index in [-0.39, 0.29) is 0 Å². The monoisotopic (exact) mass is 186 g/mol. The highest BCUT2D eigenvalue weighted by molar-refractivity contribution is 5.77. The number of nitrogens with zero attached hydrogens (tertiary/aromatic N) is 4. The standard InChI is InChI=1S/C8H6N6/c1-2-4-6-5(3-1)9-7(10-6)8-11-13-14-12-8/h1-4H,(H,9,10)(H,11,12,13,14). The maximum atomic E-state index is 4.31. The van der Waals surface area contributed by atoms with E-state index in [1.807, 2.05) is 24.3 Å². The van der Waals surface area contributed by atoms with Crippen LogP contribution in [0.15, 0.2) is 24.3 Å². The van der Waals surface area contributed by atoms with Gasteiger partial charge < -0.3 is 4.98 Å². The molecule has 0 atom stereocenters. The normalized spacial score (nSPS) is 10.9. The summed E-state index contributed by atoms with van der Waals surface area (Å²) in [4.78, 5) is 7.42. The molecule has 6 heteroatoms. The van der Waals surface area contributed by atoms with Crippen molar-refractivity contribution in [3.05, 3.63) is 24.3 Å². The first kappa shape index (κ1) is 7.19. The average molecular weight is 186 g/mol. The van der Waals surface area contributed by atoms with Gasteiger partial charge in [0, 0.05) is 0 Å². The molecule has 2 N–H and O–H groups in total. The predicted octanol–water partition coefficient (Wildman–Crippen LogP) is 0.743. The molecular weight excluding hydrogens is 180 g/mol. The van der Waals surface area contributed by atoms with Crippen molar-refractivity contribution in [3.63, 3.8) is 0 Å². The Morgan fingerprint density at radius 2 is 2.07 bits per heavy atom. The third kappa shape index (κ3) is 0.972. The van der Waals surface area contributed by atoms with E-state index in [2.05, 4.69) is 30.6 Å². The Bertz CT molecular complexity index is 519. The molecule has 68 valence electrons. The van der Waals surface area contributed by atoms with Crippen LogP contribution >= 0.6 is 0 Å². The summed E-state index contributed by atoms with van der Waals surface area (Å²) in [7, 11) is 0. The summed E-state index contributed by atoms with van der Waals surface area (Å²) >= 11 is 0. The number of imidazole rings is 1. The molecule has 0 saturated carbocycles. The molecule has 0 aliphatic rings. The number of aromatic nitrogens is 6. The summed E-state index contributed by atoms with van der Waals surface area (Å²) in [6.45, 7) is 0. The molecular formula is C8H6N6. The topological polar surface area (TPSA) is 83.1 Å². The van der Waals surface area contributed by atoms with Crippen LogP contribution in [0, 0.1) is 0 Å². The number of hydrogen-bond donors (Lipinski definition) is 2. The second-order valence-corrected chi connectivity index (χ2v) is 2.84. The molecule has 0 spiro atoms. The highest BCUT2D eigenvalue weighted by Gasteiger charge is 2.07. The van der Waals surface area contributed by atoms with Crippen LogP contribution in [0.5, 0.6) is 0 Å². The number of fused-ring (bicyclic) bond motifs is 1. The minimum Gasteiger partial charge on any atom is -0.335 e. The summed E-state index contributed by atoms with van der Waals surface area (Å²) in [6, 6.07) is 7.75. The molecule has 0 aliphatic heterocycles. The van der Waals surface area contributed by atoms with Gasteiger partial charge in [-0.3, -0.25) is 0 Å². The Hall–Kier alpha value is -2.24. The second kappa shape index (κ2) is 2.63. The van der Waals surface area contributed by atoms with E-state index < -0.39 is 0 Å². The molecule has 1 aromatic carbocycles. The van der Waals surface area contributed by atoms with Gasteiger partial charge in [0.1, 0.15) is 0 Å². The van der Waals surface area contributed by atoms with E-state index in [0.29, 0.717) is 11.6 Å². The van der Waals surface area contributed by atoms with Crippen molar-refractivity contribution in [3.8, 4) is 11.6 Å². The van der Waals surface area contributed by atoms with Gasteiger partial charge in [0.05, 0.1) is 11.0 Å². The second-order valence-electron chi connectivity index (χ2n) is 2.84. The minimum absolute atomic E-state index is 0.473. The van der Waals surface area contributed by atoms with Crippen LogP contribution in [-0.2, 0) is 0 Å². The first-order valence-electron chi connectivity index (χ1n) is 4.12. The van der Waals surface area contributed by atoms with E-state index >= 15 is 0 Å². The molecule has 3 aromatic rings. The summed E-state index contributed by atoms with van der Waals surface area (Å²) < 4.78 is 0. The summed E-state index contributed by atoms with van der Waals surface area (Å²) in [6.07, 6.45) is 0. The van der Waals surface area contributed by atoms with Crippen molar-refractivity contribution in [2.24, 2.45) is 0 Å². The summed E-state index contributed by atoms with van der Waals surface area (Å²) in [5.41, 5.74) is 1.86. The van der Waals surface area contributed by atoms with E-state index in [4.69, 9.17) is 0 Å². The fourth-order valence-electron chi connectivity index (χ4n) is 1.32. The van der Waals surface area contributed by atoms with Crippen LogP contribution in [0.3, 0.4) is 0 Å². The highest BCUT2D eigenvalue weighted by atomic mass is 15.5. The fourth-order valence-corrected chi connectivity index (χ4v) is 1.32. The first-order valence-corrected chi connectivity index (χ1v) is 4.12. The van der Waals surface area contributed by atoms with Crippen molar-refractivity contribution in [1.82, 2.24) is 30.6 Å². The molecule has 2 heterocycles. The van der Waals surface area contributed by atoms with Crippen molar-refractivity contribution in [2.75, 3.05) is 0 Å². The number of tetrazole rings is 1. The summed E-state index contributed by atoms with van der Waals surface area (Å²) in [5, 5.41) is 13.5. The molecule has 14 heavy (non-hydrogen) atoms. The van der Waals surface area contributed by atoms with Gasteiger partial charge in [-0.15, -0.1) is 10.2 Å². The lowest BCUT2D eigenvalue weighted by Gasteiger charge is -1.82. The first-order chi connectivity index (χ1) is 6.93. The molecule has 0 unspecified atom stereocenters. The van der Waals surface area contributed by atoms with E-state index in [0.717, 1.165) is 11.0 Å². The Kier molecular flexibility index (Phi) is 1.35. The van der Waals surface area contributed by atoms with E-state index in [1.165, 1.54) is 0 Å². The fraction of sp³-hybridized carbons (Fsp3) is 0. The zero-order chi connectivity index (χ0) is 9.38. The van der Waals surface area contributed by atoms with Gasteiger partial charge in [-0.1, -0.05) is 12.1 Å². The minimum atomic E-state index is 0.473. The van der Waals surface area contributed by atoms with Gasteiger partial charge in [0.2, 0.25) is 5.82 Å². The predicted molar refractivity (Wildman–Crippen MR) is 49.3 cm³/mol. The Labute approximate surface area is 78.4 Å². The van der Waals surface area contributed by atoms with E-state index in [1.54, 1.807) is 0 Å². The lowest BCUT2D eigenvalue weighted by molar-refractivity contribution is 0.881. The van der Waals surface area contributed by atoms with Gasteiger partial charge >= 0.3 is 0 Å². The molecule has 0 amide bonds. The highest BCUT2D eigenvalue weighted by Crippen LogP contribution is 2.15. The van der Waals surface area contributed by atoms with Crippen LogP contribution in [0.4, 0.5) is 0 Å². The maximum Gasteiger partial charge on any atom is 0.239 e. The molecule has 2 aromatic heterocycles. The molecule has 0 bridgehead atoms. The molecule has 0 radical (unpaired) electrons. The lowest BCUT2D eigenvalue weighted by atomic mass is 10.3. The Balaban J connectivity index is 2.24. The van der Waals surface area contributed by atoms with Gasteiger partial charge in [0.25, 0.3) is 0 Å². The van der Waals surface area contributed by atoms with Gasteiger partial charge in [-0.25, -0.2) is 4.98 Å². The number of hydrogen-bond acceptors (Lipinski definition) is 4. The largest absolute Gasteiger partial charge is 0.335 e. The number of para-hydroxylation sites is 2. The number of nitrogens with one attached hydrogen (secondary N) is 2. The zero-order valence-corrected chi connectivity index (χ0v) is 7.10. The average Bonchev–Trinajstić information content (AvgIpc) is 2.86. The quantitative estimate of drug-likeness (QED) is 0.587. The Morgan fingerprint density at radius 3 is 2.86 bits per heavy atom. The van der Waals surface area contributed by atoms with Crippen molar-refractivity contribution in [1.29, 1.82) is 0 Å². The van der Waals surface area contributed by atoms with Crippen LogP contribution in [0.25, 0.3) is 22.7 Å². The van der Waals surface area contributed by atoms with Crippen molar-refractivity contribution in [2.45, 2.75) is 0 Å². The number of rotatable bonds is 1. The molecule has 0 fully saturated rings. The van der Waals surface area contributed by atoms with Crippen LogP contribution in [0.1, 0.15) is 0 Å². The number of H-pyrrole nitrogens is 2. The van der Waals surface area contributed by atoms with Crippen LogP contribution in [-0.4, -0.2) is 30.6 Å². The Morgan fingerprint density at radius 1 is 1.14 bits per heavy atom. The SMILES string of the molecule is c1ccc2[nH]c(-c3nn[nH]n3)nc2c1. The third-order valence-corrected chi connectivity index (χ3v) is 1.95. The van der Waals surface area contributed by atoms with Crippen molar-refractivity contribution >= 4 is 11.0 Å². The molecule has 0 aliphatic carbocycles. The van der Waals surface area contributed by atoms with Crippen molar-refractivity contribution < 1.29 is 0 Å². The smallest absolute Gasteiger partial charge is 0.239 e. The zero-order valence-electron chi connectivity index (χ0n) is 7.10. The number of benzene rings is 1. The lowest BCUT2D eigenvalue weighted by Crippen LogP contribution is -1.82. The molecule has 3 rings (SSSR count). The van der Waals surface area contributed by atoms with Crippen LogP contribution < -0.4 is 0 Å². The van der Waals surface area contributed by atoms with E-state index in [9.17, 15) is 0 Å². The molecule has 6 nitrogen and oxygen atoms in total. The van der Waals surface area contributed by atoms with Gasteiger partial charge in [-0.05, 0) is 17.3 Å². The van der Waals surface area contributed by atoms with Crippen LogP contribution in [0.2, 0.25) is 0 Å². The summed E-state index contributed by atoms with van der Waals surface area (Å²) in [5.74, 6) is 1.10. The van der Waals surface area contributed by atoms with Gasteiger partial charge in [-0.2, -0.15) is 5.21 Å². The molecule has 0 saturated heterocycles. The maximum absolute atomic E-state index is 4.31. The van der Waals surface area contributed by atoms with Gasteiger partial charge in [0.15, 0.2) is 5.82 Å². The third-order valence-electron chi connectivity index (χ3n) is 1.95. The number of aromatic amines is 2.